The fourth-order valence-corrected chi connectivity index (χ4v) is 1.68. The minimum Gasteiger partial charge on any atom is -0.383 e. The van der Waals surface area contributed by atoms with Crippen LogP contribution in [0.25, 0.3) is 0 Å². The van der Waals surface area contributed by atoms with Gasteiger partial charge in [0.1, 0.15) is 5.82 Å². The van der Waals surface area contributed by atoms with E-state index >= 15 is 0 Å². The van der Waals surface area contributed by atoms with E-state index in [1.54, 1.807) is 7.11 Å². The lowest BCUT2D eigenvalue weighted by atomic mass is 10.2. The lowest BCUT2D eigenvalue weighted by Crippen LogP contribution is -2.29. The molecular formula is C13H21N3O. The average molecular weight is 235 g/mol. The normalized spacial score (nSPS) is 10.2. The van der Waals surface area contributed by atoms with Crippen LogP contribution >= 0.6 is 0 Å². The van der Waals surface area contributed by atoms with Gasteiger partial charge in [0.15, 0.2) is 0 Å². The number of aromatic nitrogens is 1. The molecule has 0 saturated heterocycles. The summed E-state index contributed by atoms with van der Waals surface area (Å²) >= 11 is 0. The molecule has 0 atom stereocenters. The molecule has 0 amide bonds. The Morgan fingerprint density at radius 1 is 1.59 bits per heavy atom. The first-order valence-corrected chi connectivity index (χ1v) is 5.76. The van der Waals surface area contributed by atoms with Gasteiger partial charge in [0, 0.05) is 38.5 Å². The van der Waals surface area contributed by atoms with Crippen molar-refractivity contribution in [2.75, 3.05) is 38.8 Å². The van der Waals surface area contributed by atoms with Gasteiger partial charge >= 0.3 is 0 Å². The third kappa shape index (κ3) is 4.17. The van der Waals surface area contributed by atoms with Gasteiger partial charge in [-0.1, -0.05) is 12.1 Å². The van der Waals surface area contributed by atoms with E-state index in [-0.39, 0.29) is 0 Å². The third-order valence-electron chi connectivity index (χ3n) is 2.45. The smallest absolute Gasteiger partial charge is 0.133 e. The Kier molecular flexibility index (Phi) is 6.29. The van der Waals surface area contributed by atoms with E-state index in [1.165, 1.54) is 5.56 Å². The predicted octanol–water partition coefficient (Wildman–Crippen LogP) is 1.44. The Bertz CT molecular complexity index is 341. The van der Waals surface area contributed by atoms with Crippen LogP contribution in [0.3, 0.4) is 0 Å². The molecule has 0 aliphatic carbocycles. The molecule has 1 aromatic heterocycles. The van der Waals surface area contributed by atoms with Crippen molar-refractivity contribution in [2.45, 2.75) is 6.54 Å². The van der Waals surface area contributed by atoms with Gasteiger partial charge < -0.3 is 15.0 Å². The van der Waals surface area contributed by atoms with Crippen LogP contribution in [0.4, 0.5) is 5.82 Å². The first-order valence-electron chi connectivity index (χ1n) is 5.76. The number of nitrogens with zero attached hydrogens (tertiary/aromatic N) is 2. The fraction of sp³-hybridized carbons (Fsp3) is 0.462. The number of ether oxygens (including phenoxy) is 1. The van der Waals surface area contributed by atoms with Gasteiger partial charge in [0.05, 0.1) is 6.61 Å². The first-order chi connectivity index (χ1) is 8.33. The summed E-state index contributed by atoms with van der Waals surface area (Å²) < 4.78 is 5.12. The van der Waals surface area contributed by atoms with E-state index in [1.807, 2.05) is 25.4 Å². The Labute approximate surface area is 103 Å². The Balaban J connectivity index is 2.86. The number of anilines is 1. The number of hydrogen-bond acceptors (Lipinski definition) is 4. The molecule has 0 aliphatic rings. The quantitative estimate of drug-likeness (QED) is 0.692. The average Bonchev–Trinajstić information content (AvgIpc) is 2.36. The van der Waals surface area contributed by atoms with Gasteiger partial charge in [0.2, 0.25) is 0 Å². The molecule has 0 aliphatic heterocycles. The molecular weight excluding hydrogens is 214 g/mol. The van der Waals surface area contributed by atoms with E-state index in [9.17, 15) is 0 Å². The minimum atomic E-state index is 0.684. The minimum absolute atomic E-state index is 0.684. The summed E-state index contributed by atoms with van der Waals surface area (Å²) in [7, 11) is 3.64. The summed E-state index contributed by atoms with van der Waals surface area (Å²) in [5, 5.41) is 3.15. The highest BCUT2D eigenvalue weighted by atomic mass is 16.5. The van der Waals surface area contributed by atoms with Gasteiger partial charge in [-0.25, -0.2) is 4.98 Å². The maximum atomic E-state index is 5.12. The largest absolute Gasteiger partial charge is 0.383 e. The molecule has 94 valence electrons. The Morgan fingerprint density at radius 2 is 2.41 bits per heavy atom. The second-order valence-electron chi connectivity index (χ2n) is 3.74. The standard InChI is InChI=1S/C13H21N3O/c1-4-8-16(9-10-17-3)13-12(11-14-2)6-5-7-15-13/h4-7,14H,1,8-11H2,2-3H3. The van der Waals surface area contributed by atoms with Crippen molar-refractivity contribution in [3.63, 3.8) is 0 Å². The number of pyridine rings is 1. The Hall–Kier alpha value is -1.39. The van der Waals surface area contributed by atoms with Crippen LogP contribution in [0.15, 0.2) is 31.0 Å². The molecule has 4 nitrogen and oxygen atoms in total. The number of rotatable bonds is 8. The second kappa shape index (κ2) is 7.81. The van der Waals surface area contributed by atoms with Crippen molar-refractivity contribution in [3.05, 3.63) is 36.5 Å². The predicted molar refractivity (Wildman–Crippen MR) is 71.3 cm³/mol. The van der Waals surface area contributed by atoms with E-state index in [2.05, 4.69) is 27.8 Å². The molecule has 17 heavy (non-hydrogen) atoms. The molecule has 1 heterocycles. The summed E-state index contributed by atoms with van der Waals surface area (Å²) in [5.41, 5.74) is 1.19. The molecule has 0 spiro atoms. The Morgan fingerprint density at radius 3 is 3.06 bits per heavy atom. The van der Waals surface area contributed by atoms with Crippen molar-refractivity contribution in [2.24, 2.45) is 0 Å². The first kappa shape index (κ1) is 13.7. The van der Waals surface area contributed by atoms with Crippen LogP contribution in [-0.4, -0.2) is 38.8 Å². The zero-order valence-electron chi connectivity index (χ0n) is 10.6. The summed E-state index contributed by atoms with van der Waals surface area (Å²) in [6, 6.07) is 4.04. The second-order valence-corrected chi connectivity index (χ2v) is 3.74. The molecule has 0 bridgehead atoms. The monoisotopic (exact) mass is 235 g/mol. The zero-order valence-corrected chi connectivity index (χ0v) is 10.6. The van der Waals surface area contributed by atoms with Crippen molar-refractivity contribution in [1.82, 2.24) is 10.3 Å². The highest BCUT2D eigenvalue weighted by molar-refractivity contribution is 5.47. The SMILES string of the molecule is C=CCN(CCOC)c1ncccc1CNC. The van der Waals surface area contributed by atoms with Crippen molar-refractivity contribution < 1.29 is 4.74 Å². The molecule has 1 rings (SSSR count). The summed E-state index contributed by atoms with van der Waals surface area (Å²) in [4.78, 5) is 6.62. The lowest BCUT2D eigenvalue weighted by molar-refractivity contribution is 0.205. The van der Waals surface area contributed by atoms with E-state index < -0.39 is 0 Å². The topological polar surface area (TPSA) is 37.4 Å². The van der Waals surface area contributed by atoms with E-state index in [4.69, 9.17) is 4.74 Å². The summed E-state index contributed by atoms with van der Waals surface area (Å²) in [6.45, 7) is 6.87. The molecule has 4 heteroatoms. The van der Waals surface area contributed by atoms with Crippen LogP contribution < -0.4 is 10.2 Å². The molecule has 1 N–H and O–H groups in total. The highest BCUT2D eigenvalue weighted by Gasteiger charge is 2.10. The molecule has 0 saturated carbocycles. The maximum Gasteiger partial charge on any atom is 0.133 e. The van der Waals surface area contributed by atoms with Gasteiger partial charge in [-0.05, 0) is 13.1 Å². The highest BCUT2D eigenvalue weighted by Crippen LogP contribution is 2.16. The van der Waals surface area contributed by atoms with Crippen LogP contribution in [0, 0.1) is 0 Å². The number of methoxy groups -OCH3 is 1. The van der Waals surface area contributed by atoms with E-state index in [0.29, 0.717) is 6.61 Å². The maximum absolute atomic E-state index is 5.12. The molecule has 0 unspecified atom stereocenters. The van der Waals surface area contributed by atoms with Crippen molar-refractivity contribution in [3.8, 4) is 0 Å². The van der Waals surface area contributed by atoms with Gasteiger partial charge in [-0.3, -0.25) is 0 Å². The van der Waals surface area contributed by atoms with Gasteiger partial charge in [-0.15, -0.1) is 6.58 Å². The lowest BCUT2D eigenvalue weighted by Gasteiger charge is -2.24. The fourth-order valence-electron chi connectivity index (χ4n) is 1.68. The number of nitrogens with one attached hydrogen (secondary N) is 1. The van der Waals surface area contributed by atoms with Crippen LogP contribution in [0.5, 0.6) is 0 Å². The van der Waals surface area contributed by atoms with Crippen LogP contribution in [0.2, 0.25) is 0 Å². The molecule has 1 aromatic rings. The molecule has 0 radical (unpaired) electrons. The van der Waals surface area contributed by atoms with Crippen molar-refractivity contribution in [1.29, 1.82) is 0 Å². The van der Waals surface area contributed by atoms with Gasteiger partial charge in [-0.2, -0.15) is 0 Å². The van der Waals surface area contributed by atoms with Crippen molar-refractivity contribution >= 4 is 5.82 Å². The van der Waals surface area contributed by atoms with Crippen LogP contribution in [-0.2, 0) is 11.3 Å². The summed E-state index contributed by atoms with van der Waals surface area (Å²) in [5.74, 6) is 0.999. The third-order valence-corrected chi connectivity index (χ3v) is 2.45. The van der Waals surface area contributed by atoms with Crippen LogP contribution in [0.1, 0.15) is 5.56 Å². The van der Waals surface area contributed by atoms with Gasteiger partial charge in [0.25, 0.3) is 0 Å². The zero-order chi connectivity index (χ0) is 12.5. The van der Waals surface area contributed by atoms with E-state index in [0.717, 1.165) is 25.5 Å². The molecule has 0 fully saturated rings. The summed E-state index contributed by atoms with van der Waals surface area (Å²) in [6.07, 6.45) is 3.70. The molecule has 0 aromatic carbocycles. The number of hydrogen-bond donors (Lipinski definition) is 1.